The Hall–Kier alpha value is -2.75. The normalized spacial score (nSPS) is 19.1. The fraction of sp³-hybridized carbons (Fsp3) is 0.391. The maximum atomic E-state index is 13.0. The van der Waals surface area contributed by atoms with Crippen LogP contribution in [0.15, 0.2) is 42.5 Å². The maximum Gasteiger partial charge on any atom is 0.240 e. The van der Waals surface area contributed by atoms with Crippen LogP contribution in [0.4, 0.5) is 9.52 Å². The van der Waals surface area contributed by atoms with Crippen LogP contribution in [0.25, 0.3) is 10.2 Å². The Bertz CT molecular complexity index is 1070. The Morgan fingerprint density at radius 2 is 2.03 bits per heavy atom. The van der Waals surface area contributed by atoms with Gasteiger partial charge in [-0.2, -0.15) is 0 Å². The maximum absolute atomic E-state index is 13.0. The van der Waals surface area contributed by atoms with E-state index in [2.05, 4.69) is 10.3 Å². The molecule has 0 radical (unpaired) electrons. The molecule has 1 aliphatic rings. The molecule has 32 heavy (non-hydrogen) atoms. The molecule has 2 N–H and O–H groups in total. The van der Waals surface area contributed by atoms with Gasteiger partial charge < -0.3 is 19.9 Å². The summed E-state index contributed by atoms with van der Waals surface area (Å²) in [5.41, 5.74) is -0.266. The van der Waals surface area contributed by atoms with Gasteiger partial charge in [-0.05, 0) is 68.8 Å². The molecule has 2 aromatic carbocycles. The molecule has 1 amide bonds. The monoisotopic (exact) mass is 459 g/mol. The molecule has 1 unspecified atom stereocenters. The third kappa shape index (κ3) is 5.73. The van der Waals surface area contributed by atoms with Crippen LogP contribution < -0.4 is 14.8 Å². The van der Waals surface area contributed by atoms with Crippen LogP contribution in [0, 0.1) is 5.82 Å². The summed E-state index contributed by atoms with van der Waals surface area (Å²) in [6, 6.07) is 11.3. The number of anilines is 1. The Balaban J connectivity index is 1.31. The number of rotatable bonds is 8. The van der Waals surface area contributed by atoms with E-state index >= 15 is 0 Å². The quantitative estimate of drug-likeness (QED) is 0.535. The predicted molar refractivity (Wildman–Crippen MR) is 122 cm³/mol. The highest BCUT2D eigenvalue weighted by molar-refractivity contribution is 7.22. The van der Waals surface area contributed by atoms with E-state index in [0.717, 1.165) is 22.4 Å². The standard InChI is InChI=1S/C23H26FN3O4S/c1-2-30-18-8-9-19-20(12-18)32-22(25-19)26-21(28)13-27-11-3-10-23(29,14-27)15-31-17-6-4-16(24)5-7-17/h4-9,12,29H,2-3,10-11,13-15H2,1H3,(H,25,26,28). The number of carbonyl (C=O) groups is 1. The van der Waals surface area contributed by atoms with Crippen molar-refractivity contribution in [3.8, 4) is 11.5 Å². The van der Waals surface area contributed by atoms with Crippen LogP contribution in [0.5, 0.6) is 11.5 Å². The van der Waals surface area contributed by atoms with Crippen molar-refractivity contribution in [1.29, 1.82) is 0 Å². The smallest absolute Gasteiger partial charge is 0.240 e. The highest BCUT2D eigenvalue weighted by Gasteiger charge is 2.34. The Kier molecular flexibility index (Phi) is 6.88. The molecule has 1 saturated heterocycles. The number of benzene rings is 2. The van der Waals surface area contributed by atoms with Crippen molar-refractivity contribution in [3.05, 3.63) is 48.3 Å². The van der Waals surface area contributed by atoms with Crippen molar-refractivity contribution in [1.82, 2.24) is 9.88 Å². The molecule has 1 fully saturated rings. The third-order valence-corrected chi connectivity index (χ3v) is 6.17. The number of thiazole rings is 1. The largest absolute Gasteiger partial charge is 0.494 e. The second-order valence-corrected chi connectivity index (χ2v) is 8.94. The first kappa shape index (κ1) is 22.4. The molecule has 0 aliphatic carbocycles. The summed E-state index contributed by atoms with van der Waals surface area (Å²) in [5, 5.41) is 14.3. The van der Waals surface area contributed by atoms with E-state index in [1.54, 1.807) is 0 Å². The van der Waals surface area contributed by atoms with E-state index < -0.39 is 5.60 Å². The lowest BCUT2D eigenvalue weighted by molar-refractivity contribution is -0.119. The summed E-state index contributed by atoms with van der Waals surface area (Å²) < 4.78 is 25.1. The molecule has 0 bridgehead atoms. The van der Waals surface area contributed by atoms with Gasteiger partial charge in [-0.15, -0.1) is 0 Å². The van der Waals surface area contributed by atoms with Crippen molar-refractivity contribution in [2.24, 2.45) is 0 Å². The summed E-state index contributed by atoms with van der Waals surface area (Å²) in [6.45, 7) is 3.78. The first-order chi connectivity index (χ1) is 15.4. The zero-order chi connectivity index (χ0) is 22.6. The average molecular weight is 460 g/mol. The summed E-state index contributed by atoms with van der Waals surface area (Å²) in [6.07, 6.45) is 1.32. The number of carbonyl (C=O) groups excluding carboxylic acids is 1. The molecular formula is C23H26FN3O4S. The highest BCUT2D eigenvalue weighted by atomic mass is 32.1. The van der Waals surface area contributed by atoms with Crippen LogP contribution in [0.2, 0.25) is 0 Å². The number of amides is 1. The number of piperidine rings is 1. The number of ether oxygens (including phenoxy) is 2. The van der Waals surface area contributed by atoms with Gasteiger partial charge in [0.2, 0.25) is 5.91 Å². The summed E-state index contributed by atoms with van der Waals surface area (Å²) in [4.78, 5) is 19.0. The number of nitrogens with one attached hydrogen (secondary N) is 1. The Morgan fingerprint density at radius 1 is 1.25 bits per heavy atom. The zero-order valence-electron chi connectivity index (χ0n) is 17.8. The number of aliphatic hydroxyl groups is 1. The second kappa shape index (κ2) is 9.81. The van der Waals surface area contributed by atoms with E-state index in [1.807, 2.05) is 30.0 Å². The molecule has 1 atom stereocenters. The topological polar surface area (TPSA) is 83.9 Å². The van der Waals surface area contributed by atoms with Crippen molar-refractivity contribution in [2.45, 2.75) is 25.4 Å². The fourth-order valence-electron chi connectivity index (χ4n) is 3.78. The van der Waals surface area contributed by atoms with E-state index in [4.69, 9.17) is 9.47 Å². The van der Waals surface area contributed by atoms with Crippen molar-refractivity contribution >= 4 is 32.6 Å². The number of β-amino-alcohol motifs (C(OH)–C–C–N with tert-alkyl or cyclic N) is 1. The van der Waals surface area contributed by atoms with Gasteiger partial charge in [0.15, 0.2) is 5.13 Å². The number of hydrogen-bond donors (Lipinski definition) is 2. The fourth-order valence-corrected chi connectivity index (χ4v) is 4.69. The van der Waals surface area contributed by atoms with Crippen LogP contribution >= 0.6 is 11.3 Å². The minimum atomic E-state index is -1.07. The molecule has 9 heteroatoms. The van der Waals surface area contributed by atoms with Gasteiger partial charge in [0, 0.05) is 6.54 Å². The summed E-state index contributed by atoms with van der Waals surface area (Å²) in [7, 11) is 0. The van der Waals surface area contributed by atoms with Crippen LogP contribution in [-0.2, 0) is 4.79 Å². The van der Waals surface area contributed by atoms with Gasteiger partial charge >= 0.3 is 0 Å². The summed E-state index contributed by atoms with van der Waals surface area (Å²) >= 11 is 1.40. The van der Waals surface area contributed by atoms with Gasteiger partial charge in [-0.25, -0.2) is 9.37 Å². The van der Waals surface area contributed by atoms with Crippen molar-refractivity contribution in [2.75, 3.05) is 38.2 Å². The number of likely N-dealkylation sites (tertiary alicyclic amines) is 1. The van der Waals surface area contributed by atoms with E-state index in [9.17, 15) is 14.3 Å². The van der Waals surface area contributed by atoms with Crippen molar-refractivity contribution in [3.63, 3.8) is 0 Å². The first-order valence-electron chi connectivity index (χ1n) is 10.6. The van der Waals surface area contributed by atoms with Gasteiger partial charge in [0.25, 0.3) is 0 Å². The van der Waals surface area contributed by atoms with Crippen LogP contribution in [-0.4, -0.2) is 59.3 Å². The summed E-state index contributed by atoms with van der Waals surface area (Å²) in [5.74, 6) is 0.751. The molecule has 0 saturated carbocycles. The molecule has 3 aromatic rings. The molecule has 170 valence electrons. The zero-order valence-corrected chi connectivity index (χ0v) is 18.7. The molecule has 0 spiro atoms. The third-order valence-electron chi connectivity index (χ3n) is 5.24. The Morgan fingerprint density at radius 3 is 2.81 bits per heavy atom. The van der Waals surface area contributed by atoms with Crippen LogP contribution in [0.3, 0.4) is 0 Å². The lowest BCUT2D eigenvalue weighted by atomic mass is 9.93. The van der Waals surface area contributed by atoms with E-state index in [1.165, 1.54) is 35.6 Å². The molecule has 2 heterocycles. The number of hydrogen-bond acceptors (Lipinski definition) is 7. The number of fused-ring (bicyclic) bond motifs is 1. The number of halogens is 1. The van der Waals surface area contributed by atoms with Crippen LogP contribution in [0.1, 0.15) is 19.8 Å². The molecule has 7 nitrogen and oxygen atoms in total. The van der Waals surface area contributed by atoms with Gasteiger partial charge in [-0.1, -0.05) is 11.3 Å². The number of nitrogens with zero attached hydrogens (tertiary/aromatic N) is 2. The lowest BCUT2D eigenvalue weighted by Gasteiger charge is -2.38. The predicted octanol–water partition coefficient (Wildman–Crippen LogP) is 3.68. The molecule has 1 aliphatic heterocycles. The second-order valence-electron chi connectivity index (χ2n) is 7.91. The average Bonchev–Trinajstić information content (AvgIpc) is 3.15. The van der Waals surface area contributed by atoms with Gasteiger partial charge in [0.1, 0.15) is 29.5 Å². The number of aromatic nitrogens is 1. The highest BCUT2D eigenvalue weighted by Crippen LogP contribution is 2.29. The molecule has 4 rings (SSSR count). The van der Waals surface area contributed by atoms with E-state index in [0.29, 0.717) is 37.0 Å². The SMILES string of the molecule is CCOc1ccc2nc(NC(=O)CN3CCCC(O)(COc4ccc(F)cc4)C3)sc2c1. The lowest BCUT2D eigenvalue weighted by Crippen LogP contribution is -2.53. The van der Waals surface area contributed by atoms with Gasteiger partial charge in [0.05, 0.1) is 23.4 Å². The first-order valence-corrected chi connectivity index (χ1v) is 11.4. The van der Waals surface area contributed by atoms with E-state index in [-0.39, 0.29) is 24.9 Å². The molecule has 1 aromatic heterocycles. The van der Waals surface area contributed by atoms with Crippen molar-refractivity contribution < 1.29 is 23.8 Å². The Labute approximate surface area is 189 Å². The van der Waals surface area contributed by atoms with Gasteiger partial charge in [-0.3, -0.25) is 9.69 Å². The minimum Gasteiger partial charge on any atom is -0.494 e. The minimum absolute atomic E-state index is 0.0801. The molecular weight excluding hydrogens is 433 g/mol.